The van der Waals surface area contributed by atoms with Crippen LogP contribution in [0.25, 0.3) is 11.0 Å². The molecular formula is C24H34N4O5S2. The van der Waals surface area contributed by atoms with Crippen LogP contribution in [0.5, 0.6) is 0 Å². The van der Waals surface area contributed by atoms with Gasteiger partial charge in [-0.2, -0.15) is 4.31 Å². The van der Waals surface area contributed by atoms with Crippen LogP contribution in [0.3, 0.4) is 0 Å². The van der Waals surface area contributed by atoms with Gasteiger partial charge in [0.25, 0.3) is 0 Å². The van der Waals surface area contributed by atoms with Gasteiger partial charge in [-0.15, -0.1) is 0 Å². The smallest absolute Gasteiger partial charge is 0.243 e. The third kappa shape index (κ3) is 5.53. The Morgan fingerprint density at radius 3 is 2.71 bits per heavy atom. The number of hydrogen-bond donors (Lipinski definition) is 0. The second-order valence-electron chi connectivity index (χ2n) is 9.68. The molecule has 11 heteroatoms. The van der Waals surface area contributed by atoms with Crippen LogP contribution in [0.15, 0.2) is 28.3 Å². The number of hydrogen-bond acceptors (Lipinski definition) is 7. The maximum atomic E-state index is 13.3. The molecule has 0 N–H and O–H groups in total. The molecule has 192 valence electrons. The average molecular weight is 523 g/mol. The SMILES string of the molecule is CC1CCCN(S(=O)(=O)c2ccc3c(c2)nc(SCC(=O)N2CCOCC2)n3CC2CCCO2)C1. The van der Waals surface area contributed by atoms with Gasteiger partial charge in [0.15, 0.2) is 5.16 Å². The number of morpholine rings is 1. The van der Waals surface area contributed by atoms with E-state index in [0.717, 1.165) is 43.0 Å². The summed E-state index contributed by atoms with van der Waals surface area (Å²) in [5, 5.41) is 0.721. The Morgan fingerprint density at radius 2 is 1.97 bits per heavy atom. The molecule has 1 aromatic carbocycles. The zero-order valence-electron chi connectivity index (χ0n) is 20.2. The molecule has 4 heterocycles. The number of fused-ring (bicyclic) bond motifs is 1. The Labute approximate surface area is 211 Å². The number of nitrogens with zero attached hydrogens (tertiary/aromatic N) is 4. The molecule has 5 rings (SSSR count). The Bertz CT molecular complexity index is 1160. The molecule has 2 aromatic rings. The quantitative estimate of drug-likeness (QED) is 0.516. The lowest BCUT2D eigenvalue weighted by Crippen LogP contribution is -2.41. The Kier molecular flexibility index (Phi) is 7.69. The van der Waals surface area contributed by atoms with Crippen molar-refractivity contribution in [1.29, 1.82) is 0 Å². The number of benzene rings is 1. The van der Waals surface area contributed by atoms with Gasteiger partial charge in [-0.25, -0.2) is 13.4 Å². The maximum absolute atomic E-state index is 13.3. The van der Waals surface area contributed by atoms with Crippen molar-refractivity contribution in [2.75, 3.05) is 51.8 Å². The molecular weight excluding hydrogens is 488 g/mol. The molecule has 2 atom stereocenters. The molecule has 35 heavy (non-hydrogen) atoms. The summed E-state index contributed by atoms with van der Waals surface area (Å²) < 4.78 is 41.6. The zero-order chi connectivity index (χ0) is 24.4. The molecule has 3 saturated heterocycles. The molecule has 2 unspecified atom stereocenters. The number of piperidine rings is 1. The molecule has 0 spiro atoms. The van der Waals surface area contributed by atoms with Gasteiger partial charge in [0, 0.05) is 32.8 Å². The van der Waals surface area contributed by atoms with E-state index in [2.05, 4.69) is 11.5 Å². The summed E-state index contributed by atoms with van der Waals surface area (Å²) in [4.78, 5) is 19.6. The fraction of sp³-hybridized carbons (Fsp3) is 0.667. The molecule has 0 saturated carbocycles. The fourth-order valence-corrected chi connectivity index (χ4v) is 7.62. The standard InChI is InChI=1S/C24H34N4O5S2/c1-18-4-2-8-27(15-18)35(30,31)20-6-7-22-21(14-20)25-24(28(22)16-19-5-3-11-33-19)34-17-23(29)26-9-12-32-13-10-26/h6-7,14,18-19H,2-5,8-13,15-17H2,1H3. The van der Waals surface area contributed by atoms with Crippen molar-refractivity contribution in [3.63, 3.8) is 0 Å². The fourth-order valence-electron chi connectivity index (χ4n) is 5.07. The van der Waals surface area contributed by atoms with Gasteiger partial charge in [0.05, 0.1) is 47.5 Å². The molecule has 1 aromatic heterocycles. The van der Waals surface area contributed by atoms with E-state index in [1.54, 1.807) is 16.4 Å². The van der Waals surface area contributed by atoms with Gasteiger partial charge in [-0.05, 0) is 49.8 Å². The van der Waals surface area contributed by atoms with Crippen molar-refractivity contribution >= 4 is 38.7 Å². The van der Waals surface area contributed by atoms with E-state index in [-0.39, 0.29) is 22.7 Å². The lowest BCUT2D eigenvalue weighted by atomic mass is 10.0. The van der Waals surface area contributed by atoms with Crippen LogP contribution in [-0.4, -0.2) is 90.9 Å². The molecule has 3 aliphatic heterocycles. The number of rotatable bonds is 7. The first-order chi connectivity index (χ1) is 16.9. The second-order valence-corrected chi connectivity index (χ2v) is 12.6. The van der Waals surface area contributed by atoms with E-state index < -0.39 is 10.0 Å². The zero-order valence-corrected chi connectivity index (χ0v) is 21.9. The van der Waals surface area contributed by atoms with E-state index in [4.69, 9.17) is 14.5 Å². The summed E-state index contributed by atoms with van der Waals surface area (Å²) in [6, 6.07) is 5.23. The van der Waals surface area contributed by atoms with Crippen LogP contribution < -0.4 is 0 Å². The van der Waals surface area contributed by atoms with Gasteiger partial charge < -0.3 is 18.9 Å². The average Bonchev–Trinajstić information content (AvgIpc) is 3.51. The highest BCUT2D eigenvalue weighted by Gasteiger charge is 2.30. The number of amides is 1. The highest BCUT2D eigenvalue weighted by atomic mass is 32.2. The summed E-state index contributed by atoms with van der Waals surface area (Å²) in [6.45, 7) is 6.97. The first kappa shape index (κ1) is 25.0. The number of aromatic nitrogens is 2. The van der Waals surface area contributed by atoms with Crippen molar-refractivity contribution < 1.29 is 22.7 Å². The van der Waals surface area contributed by atoms with Crippen LogP contribution in [0.2, 0.25) is 0 Å². The molecule has 0 aliphatic carbocycles. The molecule has 0 bridgehead atoms. The highest BCUT2D eigenvalue weighted by Crippen LogP contribution is 2.30. The minimum Gasteiger partial charge on any atom is -0.378 e. The van der Waals surface area contributed by atoms with Crippen LogP contribution in [-0.2, 0) is 30.8 Å². The van der Waals surface area contributed by atoms with Crippen molar-refractivity contribution in [3.05, 3.63) is 18.2 Å². The van der Waals surface area contributed by atoms with Gasteiger partial charge in [0.2, 0.25) is 15.9 Å². The van der Waals surface area contributed by atoms with Gasteiger partial charge in [0.1, 0.15) is 0 Å². The van der Waals surface area contributed by atoms with Crippen LogP contribution >= 0.6 is 11.8 Å². The van der Waals surface area contributed by atoms with E-state index in [9.17, 15) is 13.2 Å². The van der Waals surface area contributed by atoms with E-state index >= 15 is 0 Å². The number of carbonyl (C=O) groups is 1. The number of ether oxygens (including phenoxy) is 2. The predicted octanol–water partition coefficient (Wildman–Crippen LogP) is 2.59. The molecule has 0 radical (unpaired) electrons. The topological polar surface area (TPSA) is 94.0 Å². The molecule has 3 fully saturated rings. The van der Waals surface area contributed by atoms with Gasteiger partial charge >= 0.3 is 0 Å². The van der Waals surface area contributed by atoms with E-state index in [1.165, 1.54) is 11.8 Å². The third-order valence-electron chi connectivity index (χ3n) is 7.04. The molecule has 9 nitrogen and oxygen atoms in total. The minimum atomic E-state index is -3.57. The normalized spacial score (nSPS) is 24.3. The first-order valence-electron chi connectivity index (χ1n) is 12.5. The van der Waals surface area contributed by atoms with Crippen molar-refractivity contribution in [3.8, 4) is 0 Å². The van der Waals surface area contributed by atoms with Crippen molar-refractivity contribution in [1.82, 2.24) is 18.8 Å². The highest BCUT2D eigenvalue weighted by molar-refractivity contribution is 7.99. The monoisotopic (exact) mass is 522 g/mol. The molecule has 3 aliphatic rings. The Balaban J connectivity index is 1.41. The van der Waals surface area contributed by atoms with Gasteiger partial charge in [-0.3, -0.25) is 4.79 Å². The van der Waals surface area contributed by atoms with Crippen LogP contribution in [0.4, 0.5) is 0 Å². The van der Waals surface area contributed by atoms with E-state index in [1.807, 2.05) is 11.0 Å². The summed E-state index contributed by atoms with van der Waals surface area (Å²) in [5.41, 5.74) is 1.50. The first-order valence-corrected chi connectivity index (χ1v) is 14.9. The van der Waals surface area contributed by atoms with E-state index in [0.29, 0.717) is 57.4 Å². The lowest BCUT2D eigenvalue weighted by molar-refractivity contribution is -0.132. The largest absolute Gasteiger partial charge is 0.378 e. The van der Waals surface area contributed by atoms with Crippen LogP contribution in [0, 0.1) is 5.92 Å². The second kappa shape index (κ2) is 10.8. The number of sulfonamides is 1. The van der Waals surface area contributed by atoms with Crippen LogP contribution in [0.1, 0.15) is 32.6 Å². The minimum absolute atomic E-state index is 0.0662. The van der Waals surface area contributed by atoms with Crippen molar-refractivity contribution in [2.45, 2.75) is 55.3 Å². The third-order valence-corrected chi connectivity index (χ3v) is 9.86. The lowest BCUT2D eigenvalue weighted by Gasteiger charge is -2.30. The number of imidazole rings is 1. The predicted molar refractivity (Wildman–Crippen MR) is 134 cm³/mol. The Hall–Kier alpha value is -1.66. The summed E-state index contributed by atoms with van der Waals surface area (Å²) >= 11 is 1.40. The Morgan fingerprint density at radius 1 is 1.14 bits per heavy atom. The maximum Gasteiger partial charge on any atom is 0.243 e. The van der Waals surface area contributed by atoms with Crippen molar-refractivity contribution in [2.24, 2.45) is 5.92 Å². The summed E-state index contributed by atoms with van der Waals surface area (Å²) in [5.74, 6) is 0.711. The number of carbonyl (C=O) groups excluding carboxylic acids is 1. The number of thioether (sulfide) groups is 1. The summed E-state index contributed by atoms with van der Waals surface area (Å²) in [7, 11) is -3.57. The molecule has 1 amide bonds. The van der Waals surface area contributed by atoms with Gasteiger partial charge in [-0.1, -0.05) is 18.7 Å². The summed E-state index contributed by atoms with van der Waals surface area (Å²) in [6.07, 6.45) is 4.06.